The van der Waals surface area contributed by atoms with Gasteiger partial charge in [-0.1, -0.05) is 54.6 Å². The predicted molar refractivity (Wildman–Crippen MR) is 79.5 cm³/mol. The van der Waals surface area contributed by atoms with Gasteiger partial charge in [0.15, 0.2) is 5.41 Å². The van der Waals surface area contributed by atoms with E-state index < -0.39 is 17.4 Å². The Balaban J connectivity index is 1.99. The van der Waals surface area contributed by atoms with Gasteiger partial charge < -0.3 is 9.84 Å². The smallest absolute Gasteiger partial charge is 0.323 e. The molecule has 4 heteroatoms. The molecule has 0 bridgehead atoms. The number of allylic oxidation sites excluding steroid dienone is 3. The lowest BCUT2D eigenvalue weighted by atomic mass is 9.78. The Morgan fingerprint density at radius 3 is 2.71 bits per heavy atom. The van der Waals surface area contributed by atoms with Crippen molar-refractivity contribution in [3.8, 4) is 0 Å². The predicted octanol–water partition coefficient (Wildman–Crippen LogP) is 3.05. The van der Waals surface area contributed by atoms with Crippen LogP contribution in [0.3, 0.4) is 0 Å². The maximum atomic E-state index is 11.8. The number of hydrogen-bond donors (Lipinski definition) is 1. The molecular weight excluding hydrogens is 268 g/mol. The van der Waals surface area contributed by atoms with Gasteiger partial charge in [-0.3, -0.25) is 9.59 Å². The van der Waals surface area contributed by atoms with Gasteiger partial charge in [0.25, 0.3) is 0 Å². The topological polar surface area (TPSA) is 63.6 Å². The quantitative estimate of drug-likeness (QED) is 0.513. The van der Waals surface area contributed by atoms with E-state index in [1.165, 1.54) is 0 Å². The molecular formula is C17H18O4. The Labute approximate surface area is 123 Å². The molecule has 1 heterocycles. The van der Waals surface area contributed by atoms with Gasteiger partial charge in [0.05, 0.1) is 6.61 Å². The minimum absolute atomic E-state index is 0.153. The van der Waals surface area contributed by atoms with E-state index in [1.807, 2.05) is 42.5 Å². The first-order valence-electron chi connectivity index (χ1n) is 6.94. The first-order valence-corrected chi connectivity index (χ1v) is 6.94. The summed E-state index contributed by atoms with van der Waals surface area (Å²) in [6, 6.07) is 9.78. The minimum Gasteiger partial charge on any atom is -0.480 e. The third-order valence-corrected chi connectivity index (χ3v) is 3.58. The Kier molecular flexibility index (Phi) is 4.93. The second kappa shape index (κ2) is 6.88. The van der Waals surface area contributed by atoms with Gasteiger partial charge in [-0.2, -0.15) is 0 Å². The van der Waals surface area contributed by atoms with Crippen molar-refractivity contribution in [1.29, 1.82) is 0 Å². The molecule has 1 fully saturated rings. The van der Waals surface area contributed by atoms with E-state index in [2.05, 4.69) is 0 Å². The van der Waals surface area contributed by atoms with Crippen molar-refractivity contribution >= 4 is 18.0 Å². The molecule has 1 aromatic carbocycles. The molecule has 1 saturated heterocycles. The first-order chi connectivity index (χ1) is 10.1. The number of cyclic esters (lactones) is 1. The van der Waals surface area contributed by atoms with Gasteiger partial charge in [0.2, 0.25) is 0 Å². The van der Waals surface area contributed by atoms with Gasteiger partial charge in [0, 0.05) is 0 Å². The summed E-state index contributed by atoms with van der Waals surface area (Å²) in [4.78, 5) is 23.2. The van der Waals surface area contributed by atoms with Crippen molar-refractivity contribution in [3.63, 3.8) is 0 Å². The monoisotopic (exact) mass is 286 g/mol. The molecule has 0 amide bonds. The molecule has 110 valence electrons. The fraction of sp³-hybridized carbons (Fsp3) is 0.294. The van der Waals surface area contributed by atoms with Crippen molar-refractivity contribution in [1.82, 2.24) is 0 Å². The number of benzene rings is 1. The van der Waals surface area contributed by atoms with Gasteiger partial charge in [-0.25, -0.2) is 0 Å². The van der Waals surface area contributed by atoms with Crippen LogP contribution in [-0.2, 0) is 14.3 Å². The Morgan fingerprint density at radius 2 is 2.05 bits per heavy atom. The summed E-state index contributed by atoms with van der Waals surface area (Å²) in [5.74, 6) is -1.73. The number of rotatable bonds is 5. The molecule has 0 aliphatic carbocycles. The maximum absolute atomic E-state index is 11.8. The summed E-state index contributed by atoms with van der Waals surface area (Å²) in [5.41, 5.74) is -0.359. The van der Waals surface area contributed by atoms with E-state index in [-0.39, 0.29) is 6.42 Å². The molecule has 1 aromatic rings. The summed E-state index contributed by atoms with van der Waals surface area (Å²) in [5, 5.41) is 9.34. The Morgan fingerprint density at radius 1 is 1.29 bits per heavy atom. The van der Waals surface area contributed by atoms with Crippen molar-refractivity contribution in [2.45, 2.75) is 19.3 Å². The van der Waals surface area contributed by atoms with Crippen LogP contribution in [0.4, 0.5) is 0 Å². The summed E-state index contributed by atoms with van der Waals surface area (Å²) >= 11 is 0. The van der Waals surface area contributed by atoms with E-state index in [9.17, 15) is 14.7 Å². The maximum Gasteiger partial charge on any atom is 0.323 e. The van der Waals surface area contributed by atoms with Crippen LogP contribution in [0, 0.1) is 5.41 Å². The van der Waals surface area contributed by atoms with Gasteiger partial charge in [-0.05, 0) is 24.8 Å². The number of carbonyl (C=O) groups is 2. The first kappa shape index (κ1) is 15.0. The van der Waals surface area contributed by atoms with Crippen LogP contribution in [0.25, 0.3) is 6.08 Å². The van der Waals surface area contributed by atoms with E-state index >= 15 is 0 Å². The third-order valence-electron chi connectivity index (χ3n) is 3.58. The zero-order valence-corrected chi connectivity index (χ0v) is 11.7. The molecule has 1 atom stereocenters. The fourth-order valence-electron chi connectivity index (χ4n) is 2.32. The van der Waals surface area contributed by atoms with E-state index in [0.29, 0.717) is 19.4 Å². The highest BCUT2D eigenvalue weighted by molar-refractivity contribution is 5.99. The number of esters is 1. The van der Waals surface area contributed by atoms with Crippen LogP contribution in [0.2, 0.25) is 0 Å². The average Bonchev–Trinajstić information content (AvgIpc) is 2.49. The van der Waals surface area contributed by atoms with Crippen molar-refractivity contribution in [2.75, 3.05) is 6.61 Å². The summed E-state index contributed by atoms with van der Waals surface area (Å²) in [6.07, 6.45) is 8.29. The van der Waals surface area contributed by atoms with Crippen molar-refractivity contribution in [3.05, 3.63) is 54.1 Å². The van der Waals surface area contributed by atoms with Crippen LogP contribution in [0.15, 0.2) is 48.6 Å². The largest absolute Gasteiger partial charge is 0.480 e. The number of carboxylic acid groups (broad SMARTS) is 1. The second-order valence-corrected chi connectivity index (χ2v) is 5.03. The van der Waals surface area contributed by atoms with Crippen LogP contribution in [0.5, 0.6) is 0 Å². The summed E-state index contributed by atoms with van der Waals surface area (Å²) in [6.45, 7) is 0.311. The second-order valence-electron chi connectivity index (χ2n) is 5.03. The minimum atomic E-state index is -1.42. The molecule has 0 aromatic heterocycles. The third kappa shape index (κ3) is 3.60. The Bertz CT molecular complexity index is 559. The highest BCUT2D eigenvalue weighted by atomic mass is 16.5. The molecule has 2 rings (SSSR count). The molecule has 0 radical (unpaired) electrons. The van der Waals surface area contributed by atoms with Gasteiger partial charge >= 0.3 is 11.9 Å². The summed E-state index contributed by atoms with van der Waals surface area (Å²) in [7, 11) is 0. The number of hydrogen-bond acceptors (Lipinski definition) is 3. The number of ether oxygens (including phenoxy) is 1. The zero-order valence-electron chi connectivity index (χ0n) is 11.7. The molecule has 1 aliphatic rings. The molecule has 1 unspecified atom stereocenters. The number of carboxylic acids is 1. The van der Waals surface area contributed by atoms with Crippen LogP contribution >= 0.6 is 0 Å². The van der Waals surface area contributed by atoms with Gasteiger partial charge in [0.1, 0.15) is 0 Å². The highest BCUT2D eigenvalue weighted by Crippen LogP contribution is 2.34. The van der Waals surface area contributed by atoms with Crippen molar-refractivity contribution < 1.29 is 19.4 Å². The van der Waals surface area contributed by atoms with E-state index in [1.54, 1.807) is 12.2 Å². The normalized spacial score (nSPS) is 22.6. The van der Waals surface area contributed by atoms with E-state index in [0.717, 1.165) is 5.56 Å². The molecule has 0 spiro atoms. The number of carbonyl (C=O) groups excluding carboxylic acids is 1. The van der Waals surface area contributed by atoms with Gasteiger partial charge in [-0.15, -0.1) is 0 Å². The van der Waals surface area contributed by atoms with Crippen molar-refractivity contribution in [2.24, 2.45) is 5.41 Å². The molecule has 0 saturated carbocycles. The Hall–Kier alpha value is -2.36. The summed E-state index contributed by atoms with van der Waals surface area (Å²) < 4.78 is 4.91. The fourth-order valence-corrected chi connectivity index (χ4v) is 2.32. The number of aliphatic carboxylic acids is 1. The lowest BCUT2D eigenvalue weighted by molar-refractivity contribution is -0.174. The zero-order chi connectivity index (χ0) is 15.1. The highest BCUT2D eigenvalue weighted by Gasteiger charge is 2.48. The SMILES string of the molecule is O=C(O)C1(C/C=C/C=C/c2ccccc2)CCCOC1=O. The van der Waals surface area contributed by atoms with Crippen LogP contribution < -0.4 is 0 Å². The van der Waals surface area contributed by atoms with E-state index in [4.69, 9.17) is 4.74 Å². The average molecular weight is 286 g/mol. The molecule has 1 aliphatic heterocycles. The lowest BCUT2D eigenvalue weighted by Crippen LogP contribution is -2.43. The lowest BCUT2D eigenvalue weighted by Gasteiger charge is -2.29. The molecule has 4 nitrogen and oxygen atoms in total. The van der Waals surface area contributed by atoms with Crippen LogP contribution in [-0.4, -0.2) is 23.7 Å². The molecule has 1 N–H and O–H groups in total. The van der Waals surface area contributed by atoms with Crippen LogP contribution in [0.1, 0.15) is 24.8 Å². The standard InChI is InChI=1S/C17H18O4/c18-15(19)17(12-7-13-21-16(17)20)11-6-2-5-10-14-8-3-1-4-9-14/h1-6,8-10H,7,11-13H2,(H,18,19)/b6-2+,10-5+. The molecule has 21 heavy (non-hydrogen) atoms.